The summed E-state index contributed by atoms with van der Waals surface area (Å²) in [6.45, 7) is 0. The number of hydrogen-bond donors (Lipinski definition) is 1. The van der Waals surface area contributed by atoms with E-state index in [0.717, 1.165) is 26.0 Å². The molecule has 1 aromatic heterocycles. The quantitative estimate of drug-likeness (QED) is 0.543. The molecular formula is C17H12Br2N2O2S. The molecule has 2 aromatic carbocycles. The molecule has 7 heteroatoms. The highest BCUT2D eigenvalue weighted by Gasteiger charge is 2.13. The van der Waals surface area contributed by atoms with Gasteiger partial charge >= 0.3 is 0 Å². The van der Waals surface area contributed by atoms with Gasteiger partial charge in [-0.05, 0) is 62.2 Å². The van der Waals surface area contributed by atoms with Crippen molar-refractivity contribution >= 4 is 54.2 Å². The second-order valence-electron chi connectivity index (χ2n) is 4.82. The lowest BCUT2D eigenvalue weighted by atomic mass is 10.2. The zero-order valence-electron chi connectivity index (χ0n) is 12.5. The number of carbonyl (C=O) groups excluding carboxylic acids is 1. The first-order valence-corrected chi connectivity index (χ1v) is 9.40. The van der Waals surface area contributed by atoms with Gasteiger partial charge in [0.05, 0.1) is 22.8 Å². The van der Waals surface area contributed by atoms with Crippen molar-refractivity contribution in [3.8, 4) is 17.0 Å². The van der Waals surface area contributed by atoms with Crippen molar-refractivity contribution in [1.82, 2.24) is 4.98 Å². The van der Waals surface area contributed by atoms with E-state index in [1.165, 1.54) is 11.3 Å². The number of benzene rings is 2. The fraction of sp³-hybridized carbons (Fsp3) is 0.0588. The number of nitrogens with one attached hydrogen (secondary N) is 1. The van der Waals surface area contributed by atoms with Crippen LogP contribution >= 0.6 is 43.2 Å². The molecule has 0 aliphatic rings. The first-order chi connectivity index (χ1) is 11.6. The summed E-state index contributed by atoms with van der Waals surface area (Å²) in [6.07, 6.45) is 0. The maximum atomic E-state index is 12.3. The van der Waals surface area contributed by atoms with E-state index in [0.29, 0.717) is 10.7 Å². The average molecular weight is 468 g/mol. The minimum Gasteiger partial charge on any atom is -0.496 e. The molecule has 4 nitrogen and oxygen atoms in total. The monoisotopic (exact) mass is 466 g/mol. The number of hydrogen-bond acceptors (Lipinski definition) is 4. The number of aromatic nitrogens is 1. The first kappa shape index (κ1) is 17.1. The number of carbonyl (C=O) groups is 1. The van der Waals surface area contributed by atoms with Gasteiger partial charge < -0.3 is 4.74 Å². The molecule has 122 valence electrons. The smallest absolute Gasteiger partial charge is 0.258 e. The van der Waals surface area contributed by atoms with Crippen LogP contribution in [-0.4, -0.2) is 18.0 Å². The summed E-state index contributed by atoms with van der Waals surface area (Å²) in [7, 11) is 1.62. The number of amides is 1. The van der Waals surface area contributed by atoms with Gasteiger partial charge in [0, 0.05) is 15.4 Å². The van der Waals surface area contributed by atoms with Crippen LogP contribution < -0.4 is 10.1 Å². The maximum absolute atomic E-state index is 12.3. The number of methoxy groups -OCH3 is 1. The van der Waals surface area contributed by atoms with Gasteiger partial charge in [0.25, 0.3) is 5.91 Å². The first-order valence-electron chi connectivity index (χ1n) is 6.94. The van der Waals surface area contributed by atoms with Gasteiger partial charge in [-0.1, -0.05) is 12.1 Å². The molecule has 0 aliphatic heterocycles. The summed E-state index contributed by atoms with van der Waals surface area (Å²) in [5.41, 5.74) is 2.31. The topological polar surface area (TPSA) is 51.2 Å². The molecule has 0 atom stereocenters. The Bertz CT molecular complexity index is 896. The number of rotatable bonds is 4. The van der Waals surface area contributed by atoms with Crippen LogP contribution in [0, 0.1) is 0 Å². The van der Waals surface area contributed by atoms with Crippen LogP contribution in [0.4, 0.5) is 5.13 Å². The van der Waals surface area contributed by atoms with Crippen molar-refractivity contribution in [2.24, 2.45) is 0 Å². The van der Waals surface area contributed by atoms with Crippen molar-refractivity contribution in [1.29, 1.82) is 0 Å². The summed E-state index contributed by atoms with van der Waals surface area (Å²) in [5.74, 6) is 0.565. The molecule has 0 saturated heterocycles. The minimum atomic E-state index is -0.195. The standard InChI is InChI=1S/C17H12Br2N2O2S/c1-23-15-7-6-10(8-13(15)19)14-9-24-17(20-14)21-16(22)11-4-2-3-5-12(11)18/h2-9H,1H3,(H,20,21,22). The molecule has 1 heterocycles. The van der Waals surface area contributed by atoms with E-state index in [9.17, 15) is 4.79 Å². The predicted octanol–water partition coefficient (Wildman–Crippen LogP) is 5.60. The SMILES string of the molecule is COc1ccc(-c2csc(NC(=O)c3ccccc3Br)n2)cc1Br. The van der Waals surface area contributed by atoms with Gasteiger partial charge in [-0.25, -0.2) is 4.98 Å². The normalized spacial score (nSPS) is 10.5. The lowest BCUT2D eigenvalue weighted by molar-refractivity contribution is 0.102. The molecule has 0 saturated carbocycles. The van der Waals surface area contributed by atoms with Crippen LogP contribution in [0.5, 0.6) is 5.75 Å². The van der Waals surface area contributed by atoms with E-state index in [-0.39, 0.29) is 5.91 Å². The fourth-order valence-electron chi connectivity index (χ4n) is 2.10. The molecule has 3 aromatic rings. The Kier molecular flexibility index (Phi) is 5.33. The molecule has 0 bridgehead atoms. The van der Waals surface area contributed by atoms with Gasteiger partial charge in [0.2, 0.25) is 0 Å². The van der Waals surface area contributed by atoms with E-state index in [4.69, 9.17) is 4.74 Å². The van der Waals surface area contributed by atoms with E-state index < -0.39 is 0 Å². The van der Waals surface area contributed by atoms with Gasteiger partial charge in [-0.2, -0.15) is 0 Å². The summed E-state index contributed by atoms with van der Waals surface area (Å²) < 4.78 is 6.83. The Hall–Kier alpha value is -1.70. The molecule has 3 rings (SSSR count). The van der Waals surface area contributed by atoms with Crippen molar-refractivity contribution in [3.05, 3.63) is 62.4 Å². The molecule has 1 N–H and O–H groups in total. The van der Waals surface area contributed by atoms with E-state index in [1.54, 1.807) is 13.2 Å². The van der Waals surface area contributed by atoms with Crippen LogP contribution in [0.2, 0.25) is 0 Å². The number of nitrogens with zero attached hydrogens (tertiary/aromatic N) is 1. The second kappa shape index (κ2) is 7.46. The second-order valence-corrected chi connectivity index (χ2v) is 7.39. The number of ether oxygens (including phenoxy) is 1. The van der Waals surface area contributed by atoms with E-state index in [2.05, 4.69) is 42.2 Å². The maximum Gasteiger partial charge on any atom is 0.258 e. The van der Waals surface area contributed by atoms with Crippen LogP contribution in [-0.2, 0) is 0 Å². The van der Waals surface area contributed by atoms with Crippen LogP contribution in [0.3, 0.4) is 0 Å². The number of thiazole rings is 1. The Morgan fingerprint density at radius 2 is 1.96 bits per heavy atom. The Labute approximate surface area is 160 Å². The summed E-state index contributed by atoms with van der Waals surface area (Å²) in [5, 5.41) is 5.29. The average Bonchev–Trinajstić information content (AvgIpc) is 3.03. The fourth-order valence-corrected chi connectivity index (χ4v) is 3.82. The zero-order valence-corrected chi connectivity index (χ0v) is 16.5. The highest BCUT2D eigenvalue weighted by molar-refractivity contribution is 9.10. The largest absolute Gasteiger partial charge is 0.496 e. The third kappa shape index (κ3) is 3.68. The van der Waals surface area contributed by atoms with Crippen molar-refractivity contribution < 1.29 is 9.53 Å². The van der Waals surface area contributed by atoms with E-state index >= 15 is 0 Å². The van der Waals surface area contributed by atoms with Crippen LogP contribution in [0.15, 0.2) is 56.8 Å². The molecule has 0 spiro atoms. The molecule has 1 amide bonds. The number of halogens is 2. The third-order valence-electron chi connectivity index (χ3n) is 3.29. The Morgan fingerprint density at radius 3 is 2.67 bits per heavy atom. The van der Waals surface area contributed by atoms with Gasteiger partial charge in [-0.15, -0.1) is 11.3 Å². The van der Waals surface area contributed by atoms with Crippen LogP contribution in [0.1, 0.15) is 10.4 Å². The van der Waals surface area contributed by atoms with Gasteiger partial charge in [-0.3, -0.25) is 10.1 Å². The van der Waals surface area contributed by atoms with Gasteiger partial charge in [0.15, 0.2) is 5.13 Å². The zero-order chi connectivity index (χ0) is 17.1. The van der Waals surface area contributed by atoms with Gasteiger partial charge in [0.1, 0.15) is 5.75 Å². The molecule has 0 fully saturated rings. The predicted molar refractivity (Wildman–Crippen MR) is 104 cm³/mol. The Balaban J connectivity index is 1.80. The third-order valence-corrected chi connectivity index (χ3v) is 5.36. The summed E-state index contributed by atoms with van der Waals surface area (Å²) in [6, 6.07) is 13.0. The summed E-state index contributed by atoms with van der Waals surface area (Å²) in [4.78, 5) is 16.8. The van der Waals surface area contributed by atoms with Crippen LogP contribution in [0.25, 0.3) is 11.3 Å². The number of anilines is 1. The molecule has 0 unspecified atom stereocenters. The van der Waals surface area contributed by atoms with Crippen molar-refractivity contribution in [3.63, 3.8) is 0 Å². The molecule has 0 radical (unpaired) electrons. The van der Waals surface area contributed by atoms with Crippen molar-refractivity contribution in [2.75, 3.05) is 12.4 Å². The molecule has 0 aliphatic carbocycles. The minimum absolute atomic E-state index is 0.195. The lowest BCUT2D eigenvalue weighted by Gasteiger charge is -2.05. The lowest BCUT2D eigenvalue weighted by Crippen LogP contribution is -2.12. The van der Waals surface area contributed by atoms with Crippen molar-refractivity contribution in [2.45, 2.75) is 0 Å². The van der Waals surface area contributed by atoms with E-state index in [1.807, 2.05) is 41.8 Å². The highest BCUT2D eigenvalue weighted by Crippen LogP contribution is 2.32. The molecular weight excluding hydrogens is 456 g/mol. The summed E-state index contributed by atoms with van der Waals surface area (Å²) >= 11 is 8.23. The highest BCUT2D eigenvalue weighted by atomic mass is 79.9. The molecule has 24 heavy (non-hydrogen) atoms. The Morgan fingerprint density at radius 1 is 1.17 bits per heavy atom.